The monoisotopic (exact) mass is 404 g/mol. The molecule has 0 bridgehead atoms. The number of benzene rings is 1. The number of carbonyl (C=O) groups is 1. The van der Waals surface area contributed by atoms with Gasteiger partial charge >= 0.3 is 0 Å². The lowest BCUT2D eigenvalue weighted by Gasteiger charge is -2.27. The molecule has 1 aromatic rings. The van der Waals surface area contributed by atoms with Crippen LogP contribution in [0.4, 0.5) is 5.69 Å². The molecular formula is C22H36N4O3. The lowest BCUT2D eigenvalue weighted by Crippen LogP contribution is -2.44. The van der Waals surface area contributed by atoms with Crippen LogP contribution >= 0.6 is 0 Å². The fourth-order valence-electron chi connectivity index (χ4n) is 3.43. The molecule has 4 N–H and O–H groups in total. The van der Waals surface area contributed by atoms with Crippen LogP contribution < -0.4 is 16.0 Å². The van der Waals surface area contributed by atoms with Crippen molar-refractivity contribution < 1.29 is 14.6 Å². The molecule has 7 heteroatoms. The second-order valence-electron chi connectivity index (χ2n) is 8.17. The van der Waals surface area contributed by atoms with Crippen molar-refractivity contribution in [2.24, 2.45) is 16.3 Å². The molecule has 1 saturated heterocycles. The minimum Gasteiger partial charge on any atom is -0.396 e. The van der Waals surface area contributed by atoms with Crippen LogP contribution in [-0.2, 0) is 16.1 Å². The lowest BCUT2D eigenvalue weighted by molar-refractivity contribution is -0.116. The summed E-state index contributed by atoms with van der Waals surface area (Å²) in [6.45, 7) is 9.64. The predicted octanol–water partition coefficient (Wildman–Crippen LogP) is 2.52. The molecule has 0 radical (unpaired) electrons. The molecule has 0 aromatic heterocycles. The summed E-state index contributed by atoms with van der Waals surface area (Å²) in [5, 5.41) is 19.0. The summed E-state index contributed by atoms with van der Waals surface area (Å²) in [7, 11) is 0. The van der Waals surface area contributed by atoms with Crippen molar-refractivity contribution in [3.63, 3.8) is 0 Å². The molecule has 1 fully saturated rings. The van der Waals surface area contributed by atoms with Gasteiger partial charge in [0.2, 0.25) is 5.91 Å². The van der Waals surface area contributed by atoms with Gasteiger partial charge in [-0.3, -0.25) is 4.79 Å². The van der Waals surface area contributed by atoms with E-state index >= 15 is 0 Å². The van der Waals surface area contributed by atoms with Gasteiger partial charge in [-0.2, -0.15) is 0 Å². The average molecular weight is 405 g/mol. The van der Waals surface area contributed by atoms with Gasteiger partial charge in [-0.15, -0.1) is 0 Å². The third-order valence-corrected chi connectivity index (χ3v) is 5.03. The van der Waals surface area contributed by atoms with E-state index in [0.717, 1.165) is 43.2 Å². The van der Waals surface area contributed by atoms with Crippen LogP contribution in [0, 0.1) is 11.3 Å². The summed E-state index contributed by atoms with van der Waals surface area (Å²) < 4.78 is 5.56. The fraction of sp³-hybridized carbons (Fsp3) is 0.636. The number of anilines is 1. The summed E-state index contributed by atoms with van der Waals surface area (Å²) in [6.07, 6.45) is 2.17. The van der Waals surface area contributed by atoms with Crippen LogP contribution in [0.5, 0.6) is 0 Å². The third-order valence-electron chi connectivity index (χ3n) is 5.03. The standard InChI is InChI=1S/C22H36N4O3/c1-4-23-21(25-15-22(8-10-27)9-11-29-16-22)24-14-18-6-5-7-19(13-18)26-20(28)12-17(2)3/h5-7,13,17,27H,4,8-12,14-16H2,1-3H3,(H,26,28)(H2,23,24,25). The molecule has 0 spiro atoms. The molecule has 1 aliphatic rings. The number of guanidine groups is 1. The molecular weight excluding hydrogens is 368 g/mol. The van der Waals surface area contributed by atoms with E-state index < -0.39 is 0 Å². The Hall–Kier alpha value is -2.12. The van der Waals surface area contributed by atoms with Crippen LogP contribution in [-0.4, -0.2) is 49.9 Å². The summed E-state index contributed by atoms with van der Waals surface area (Å²) in [6, 6.07) is 7.79. The number of aliphatic hydroxyl groups excluding tert-OH is 1. The van der Waals surface area contributed by atoms with E-state index in [1.807, 2.05) is 45.0 Å². The number of nitrogens with one attached hydrogen (secondary N) is 3. The van der Waals surface area contributed by atoms with Crippen molar-refractivity contribution >= 4 is 17.6 Å². The first-order valence-corrected chi connectivity index (χ1v) is 10.6. The molecule has 1 amide bonds. The maximum absolute atomic E-state index is 12.0. The number of aliphatic imine (C=N–C) groups is 1. The van der Waals surface area contributed by atoms with Crippen LogP contribution in [0.15, 0.2) is 29.3 Å². The van der Waals surface area contributed by atoms with Gasteiger partial charge in [0.15, 0.2) is 5.96 Å². The Morgan fingerprint density at radius 2 is 2.17 bits per heavy atom. The first-order valence-electron chi connectivity index (χ1n) is 10.6. The number of aliphatic hydroxyl groups is 1. The summed E-state index contributed by atoms with van der Waals surface area (Å²) in [4.78, 5) is 16.7. The molecule has 162 valence electrons. The Morgan fingerprint density at radius 1 is 1.34 bits per heavy atom. The van der Waals surface area contributed by atoms with E-state index in [1.165, 1.54) is 0 Å². The normalized spacial score (nSPS) is 19.4. The quantitative estimate of drug-likeness (QED) is 0.355. The Bertz CT molecular complexity index is 670. The Labute approximate surface area is 174 Å². The maximum Gasteiger partial charge on any atom is 0.224 e. The third kappa shape index (κ3) is 8.03. The Morgan fingerprint density at radius 3 is 2.83 bits per heavy atom. The van der Waals surface area contributed by atoms with Gasteiger partial charge in [0.25, 0.3) is 0 Å². The zero-order chi connectivity index (χ0) is 21.1. The number of carbonyl (C=O) groups excluding carboxylic acids is 1. The largest absolute Gasteiger partial charge is 0.396 e. The molecule has 7 nitrogen and oxygen atoms in total. The molecule has 1 unspecified atom stereocenters. The van der Waals surface area contributed by atoms with Gasteiger partial charge in [-0.1, -0.05) is 26.0 Å². The Balaban J connectivity index is 1.97. The van der Waals surface area contributed by atoms with E-state index in [1.54, 1.807) is 0 Å². The minimum atomic E-state index is -0.0362. The Kier molecular flexibility index (Phi) is 9.41. The molecule has 0 aliphatic carbocycles. The van der Waals surface area contributed by atoms with Gasteiger partial charge in [-0.25, -0.2) is 4.99 Å². The second-order valence-corrected chi connectivity index (χ2v) is 8.17. The van der Waals surface area contributed by atoms with E-state index in [2.05, 4.69) is 20.9 Å². The second kappa shape index (κ2) is 11.8. The maximum atomic E-state index is 12.0. The first-order chi connectivity index (χ1) is 14.0. The molecule has 1 atom stereocenters. The van der Waals surface area contributed by atoms with Crippen molar-refractivity contribution in [2.75, 3.05) is 38.2 Å². The summed E-state index contributed by atoms with van der Waals surface area (Å²) >= 11 is 0. The summed E-state index contributed by atoms with van der Waals surface area (Å²) in [5.41, 5.74) is 1.79. The minimum absolute atomic E-state index is 0.0311. The summed E-state index contributed by atoms with van der Waals surface area (Å²) in [5.74, 6) is 1.10. The number of hydrogen-bond acceptors (Lipinski definition) is 4. The highest BCUT2D eigenvalue weighted by atomic mass is 16.5. The van der Waals surface area contributed by atoms with Gasteiger partial charge in [0.1, 0.15) is 0 Å². The smallest absolute Gasteiger partial charge is 0.224 e. The van der Waals surface area contributed by atoms with E-state index in [0.29, 0.717) is 32.0 Å². The van der Waals surface area contributed by atoms with Crippen molar-refractivity contribution in [1.29, 1.82) is 0 Å². The van der Waals surface area contributed by atoms with Crippen molar-refractivity contribution in [1.82, 2.24) is 10.6 Å². The first kappa shape index (κ1) is 23.2. The van der Waals surface area contributed by atoms with Gasteiger partial charge in [0, 0.05) is 43.8 Å². The van der Waals surface area contributed by atoms with Crippen LogP contribution in [0.25, 0.3) is 0 Å². The van der Waals surface area contributed by atoms with Crippen molar-refractivity contribution in [2.45, 2.75) is 46.6 Å². The average Bonchev–Trinajstić information content (AvgIpc) is 3.13. The van der Waals surface area contributed by atoms with Gasteiger partial charge in [-0.05, 0) is 43.4 Å². The molecule has 2 rings (SSSR count). The van der Waals surface area contributed by atoms with E-state index in [4.69, 9.17) is 4.74 Å². The number of rotatable bonds is 10. The molecule has 1 heterocycles. The SMILES string of the molecule is CCNC(=NCc1cccc(NC(=O)CC(C)C)c1)NCC1(CCO)CCOC1. The van der Waals surface area contributed by atoms with Crippen LogP contribution in [0.3, 0.4) is 0 Å². The zero-order valence-electron chi connectivity index (χ0n) is 18.0. The highest BCUT2D eigenvalue weighted by Crippen LogP contribution is 2.31. The topological polar surface area (TPSA) is 95.0 Å². The number of hydrogen-bond donors (Lipinski definition) is 4. The van der Waals surface area contributed by atoms with Crippen molar-refractivity contribution in [3.05, 3.63) is 29.8 Å². The highest BCUT2D eigenvalue weighted by Gasteiger charge is 2.34. The van der Waals surface area contributed by atoms with Crippen LogP contribution in [0.1, 0.15) is 45.6 Å². The number of nitrogens with zero attached hydrogens (tertiary/aromatic N) is 1. The van der Waals surface area contributed by atoms with Crippen LogP contribution in [0.2, 0.25) is 0 Å². The highest BCUT2D eigenvalue weighted by molar-refractivity contribution is 5.90. The molecule has 0 saturated carbocycles. The lowest BCUT2D eigenvalue weighted by atomic mass is 9.84. The molecule has 1 aliphatic heterocycles. The predicted molar refractivity (Wildman–Crippen MR) is 117 cm³/mol. The zero-order valence-corrected chi connectivity index (χ0v) is 18.0. The van der Waals surface area contributed by atoms with E-state index in [-0.39, 0.29) is 17.9 Å². The van der Waals surface area contributed by atoms with E-state index in [9.17, 15) is 9.90 Å². The number of ether oxygens (including phenoxy) is 1. The number of amides is 1. The molecule has 29 heavy (non-hydrogen) atoms. The fourth-order valence-corrected chi connectivity index (χ4v) is 3.43. The van der Waals surface area contributed by atoms with Crippen molar-refractivity contribution in [3.8, 4) is 0 Å². The van der Waals surface area contributed by atoms with Gasteiger partial charge < -0.3 is 25.8 Å². The molecule has 1 aromatic carbocycles. The van der Waals surface area contributed by atoms with Gasteiger partial charge in [0.05, 0.1) is 13.2 Å².